The predicted molar refractivity (Wildman–Crippen MR) is 124 cm³/mol. The molecule has 4 amide bonds. The van der Waals surface area contributed by atoms with Gasteiger partial charge in [-0.2, -0.15) is 8.78 Å². The highest BCUT2D eigenvalue weighted by molar-refractivity contribution is 6.52. The average molecular weight is 491 g/mol. The third-order valence-electron chi connectivity index (χ3n) is 6.11. The van der Waals surface area contributed by atoms with Crippen LogP contribution >= 0.6 is 11.6 Å². The summed E-state index contributed by atoms with van der Waals surface area (Å²) in [7, 11) is 18.2. The fourth-order valence-electron chi connectivity index (χ4n) is 4.10. The van der Waals surface area contributed by atoms with Gasteiger partial charge in [0.15, 0.2) is 0 Å². The maximum atomic E-state index is 14.5. The zero-order chi connectivity index (χ0) is 25.8. The van der Waals surface area contributed by atoms with Crippen LogP contribution in [0.3, 0.4) is 0 Å². The molecule has 0 unspecified atom stereocenters. The van der Waals surface area contributed by atoms with E-state index < -0.39 is 52.2 Å². The van der Waals surface area contributed by atoms with E-state index in [-0.39, 0.29) is 23.7 Å². The lowest BCUT2D eigenvalue weighted by Crippen LogP contribution is -2.70. The highest BCUT2D eigenvalue weighted by Gasteiger charge is 2.56. The van der Waals surface area contributed by atoms with Crippen molar-refractivity contribution in [3.63, 3.8) is 0 Å². The molecule has 0 aliphatic carbocycles. The molecule has 13 heteroatoms. The normalized spacial score (nSPS) is 21.5. The smallest absolute Gasteiger partial charge is 0.346 e. The van der Waals surface area contributed by atoms with E-state index in [2.05, 4.69) is 5.32 Å². The third-order valence-corrected chi connectivity index (χ3v) is 6.36. The van der Waals surface area contributed by atoms with Crippen molar-refractivity contribution >= 4 is 58.8 Å². The molecule has 1 atom stereocenters. The number of piperidine rings is 1. The molecule has 7 nitrogen and oxygen atoms in total. The van der Waals surface area contributed by atoms with Crippen molar-refractivity contribution in [3.05, 3.63) is 69.7 Å². The van der Waals surface area contributed by atoms with Crippen LogP contribution in [0.25, 0.3) is 0 Å². The fraction of sp³-hybridized carbons (Fsp3) is 0.273. The lowest BCUT2D eigenvalue weighted by molar-refractivity contribution is -0.147. The Morgan fingerprint density at radius 1 is 1.11 bits per heavy atom. The van der Waals surface area contributed by atoms with Gasteiger partial charge in [-0.05, 0) is 29.3 Å². The van der Waals surface area contributed by atoms with Gasteiger partial charge in [0.25, 0.3) is 11.8 Å². The highest BCUT2D eigenvalue weighted by atomic mass is 35.5. The molecule has 2 heterocycles. The van der Waals surface area contributed by atoms with Gasteiger partial charge in [-0.3, -0.25) is 24.5 Å². The third kappa shape index (κ3) is 4.13. The zero-order valence-corrected chi connectivity index (χ0v) is 18.9. The first-order valence-electron chi connectivity index (χ1n) is 10.3. The number of nitrogens with one attached hydrogen (secondary N) is 2. The molecule has 0 spiro atoms. The largest absolute Gasteiger partial charge is 0.349 e. The number of benzene rings is 2. The Balaban J connectivity index is 1.51. The number of rotatable bonds is 5. The molecule has 2 aromatic rings. The first kappa shape index (κ1) is 25.0. The number of nitrogens with zero attached hydrogens (tertiary/aromatic N) is 1. The van der Waals surface area contributed by atoms with Crippen LogP contribution in [-0.2, 0) is 33.4 Å². The van der Waals surface area contributed by atoms with E-state index in [1.54, 1.807) is 0 Å². The number of hydrogen-bond acceptors (Lipinski definition) is 4. The van der Waals surface area contributed by atoms with Gasteiger partial charge in [0.1, 0.15) is 7.85 Å². The summed E-state index contributed by atoms with van der Waals surface area (Å²) in [5.74, 6) is -7.69. The Morgan fingerprint density at radius 3 is 2.40 bits per heavy atom. The summed E-state index contributed by atoms with van der Waals surface area (Å²) >= 11 is 5.71. The van der Waals surface area contributed by atoms with Crippen LogP contribution in [0.1, 0.15) is 33.5 Å². The van der Waals surface area contributed by atoms with E-state index in [0.29, 0.717) is 11.1 Å². The number of amides is 4. The van der Waals surface area contributed by atoms with Crippen molar-refractivity contribution in [1.29, 1.82) is 0 Å². The Kier molecular flexibility index (Phi) is 6.07. The van der Waals surface area contributed by atoms with Crippen molar-refractivity contribution in [2.24, 2.45) is 0 Å². The summed E-state index contributed by atoms with van der Waals surface area (Å²) < 4.78 is 29.0. The fourth-order valence-corrected chi connectivity index (χ4v) is 4.23. The molecule has 0 bridgehead atoms. The van der Waals surface area contributed by atoms with E-state index in [1.807, 2.05) is 5.32 Å². The van der Waals surface area contributed by atoms with Gasteiger partial charge >= 0.3 is 5.92 Å². The molecule has 4 rings (SSSR count). The quantitative estimate of drug-likeness (QED) is 0.484. The summed E-state index contributed by atoms with van der Waals surface area (Å²) in [4.78, 5) is 50.4. The van der Waals surface area contributed by atoms with Crippen LogP contribution in [-0.4, -0.2) is 57.5 Å². The second kappa shape index (κ2) is 8.51. The first-order valence-corrected chi connectivity index (χ1v) is 10.7. The standard InChI is InChI=1S/C22H15B3ClF2N3O4/c23-20(24)8-16(32)30-19(35)22(20,25)31-10-12-7-11(1-6-15(12)17(31)33)9-29-18(34)21(27,28)13-2-4-14(26)5-3-13/h1-7H,8-10H2,(H,29,34)(H,30,32,35)/t22-/m0/s1. The summed E-state index contributed by atoms with van der Waals surface area (Å²) in [6.07, 6.45) is -0.492. The molecule has 35 heavy (non-hydrogen) atoms. The van der Waals surface area contributed by atoms with Gasteiger partial charge in [0.2, 0.25) is 11.8 Å². The maximum Gasteiger partial charge on any atom is 0.349 e. The summed E-state index contributed by atoms with van der Waals surface area (Å²) in [5.41, 5.74) is -1.71. The molecule has 2 N–H and O–H groups in total. The predicted octanol–water partition coefficient (Wildman–Crippen LogP) is 1.07. The molecule has 172 valence electrons. The van der Waals surface area contributed by atoms with Crippen molar-refractivity contribution < 1.29 is 28.0 Å². The van der Waals surface area contributed by atoms with E-state index in [1.165, 1.54) is 30.3 Å². The number of imide groups is 1. The maximum absolute atomic E-state index is 14.5. The molecular weight excluding hydrogens is 476 g/mol. The first-order chi connectivity index (χ1) is 16.3. The van der Waals surface area contributed by atoms with Crippen LogP contribution in [0.5, 0.6) is 0 Å². The molecule has 1 saturated heterocycles. The number of hydrogen-bond donors (Lipinski definition) is 2. The lowest BCUT2D eigenvalue weighted by Gasteiger charge is -2.52. The van der Waals surface area contributed by atoms with Crippen LogP contribution < -0.4 is 10.6 Å². The van der Waals surface area contributed by atoms with Gasteiger partial charge in [-0.15, -0.1) is 0 Å². The van der Waals surface area contributed by atoms with Crippen LogP contribution in [0.15, 0.2) is 42.5 Å². The summed E-state index contributed by atoms with van der Waals surface area (Å²) in [6, 6.07) is 9.02. The Hall–Kier alpha value is -3.14. The Bertz CT molecular complexity index is 1260. The average Bonchev–Trinajstić information content (AvgIpc) is 3.11. The lowest BCUT2D eigenvalue weighted by atomic mass is 9.36. The molecule has 1 fully saturated rings. The van der Waals surface area contributed by atoms with Gasteiger partial charge in [-0.25, -0.2) is 0 Å². The number of carbonyl (C=O) groups excluding carboxylic acids is 4. The van der Waals surface area contributed by atoms with E-state index >= 15 is 0 Å². The van der Waals surface area contributed by atoms with E-state index in [9.17, 15) is 28.0 Å². The number of fused-ring (bicyclic) bond motifs is 1. The van der Waals surface area contributed by atoms with Gasteiger partial charge in [0, 0.05) is 35.7 Å². The Labute approximate surface area is 208 Å². The molecule has 2 aliphatic rings. The van der Waals surface area contributed by atoms with Crippen molar-refractivity contribution in [2.45, 2.75) is 36.1 Å². The highest BCUT2D eigenvalue weighted by Crippen LogP contribution is 2.44. The summed E-state index contributed by atoms with van der Waals surface area (Å²) in [5, 5.41) is 2.44. The second-order valence-corrected chi connectivity index (χ2v) is 8.94. The second-order valence-electron chi connectivity index (χ2n) is 8.51. The minimum atomic E-state index is -3.79. The van der Waals surface area contributed by atoms with Crippen LogP contribution in [0.4, 0.5) is 8.78 Å². The topological polar surface area (TPSA) is 95.6 Å². The molecule has 2 aliphatic heterocycles. The van der Waals surface area contributed by atoms with Crippen LogP contribution in [0.2, 0.25) is 10.2 Å². The minimum absolute atomic E-state index is 0.175. The number of carbonyl (C=O) groups is 4. The van der Waals surface area contributed by atoms with Gasteiger partial charge in [0.05, 0.1) is 21.1 Å². The van der Waals surface area contributed by atoms with E-state index in [4.69, 9.17) is 35.1 Å². The number of halogens is 3. The van der Waals surface area contributed by atoms with Crippen molar-refractivity contribution in [3.8, 4) is 0 Å². The molecule has 0 saturated carbocycles. The molecule has 2 aromatic carbocycles. The number of alkyl halides is 2. The summed E-state index contributed by atoms with van der Waals surface area (Å²) in [6.45, 7) is -0.435. The molecule has 6 radical (unpaired) electrons. The minimum Gasteiger partial charge on any atom is -0.346 e. The molecule has 0 aromatic heterocycles. The van der Waals surface area contributed by atoms with Gasteiger partial charge < -0.3 is 10.2 Å². The van der Waals surface area contributed by atoms with E-state index in [0.717, 1.165) is 17.0 Å². The Morgan fingerprint density at radius 2 is 1.77 bits per heavy atom. The SMILES string of the molecule is [B]C1([B])CC(=O)NC(=O)[C@]1([B])N1Cc2cc(CNC(=O)C(F)(F)c3ccc(Cl)cc3)ccc2C1=O. The van der Waals surface area contributed by atoms with Gasteiger partial charge in [-0.1, -0.05) is 41.1 Å². The van der Waals surface area contributed by atoms with Crippen molar-refractivity contribution in [2.75, 3.05) is 0 Å². The zero-order valence-electron chi connectivity index (χ0n) is 18.1. The molecular formula is C22H15B3ClF2N3O4. The monoisotopic (exact) mass is 491 g/mol. The van der Waals surface area contributed by atoms with Crippen molar-refractivity contribution in [1.82, 2.24) is 15.5 Å². The van der Waals surface area contributed by atoms with Crippen LogP contribution in [0, 0.1) is 0 Å².